The molecule has 0 radical (unpaired) electrons. The fourth-order valence-electron chi connectivity index (χ4n) is 5.15. The lowest BCUT2D eigenvalue weighted by Crippen LogP contribution is -2.37. The number of fused-ring (bicyclic) bond motifs is 1. The molecule has 1 saturated carbocycles. The van der Waals surface area contributed by atoms with Crippen molar-refractivity contribution in [2.24, 2.45) is 24.8 Å². The van der Waals surface area contributed by atoms with Crippen LogP contribution in [-0.2, 0) is 29.7 Å². The van der Waals surface area contributed by atoms with Crippen molar-refractivity contribution in [1.29, 1.82) is 0 Å². The molecular weight excluding hydrogens is 412 g/mol. The summed E-state index contributed by atoms with van der Waals surface area (Å²) in [5.74, 6) is 3.13. The van der Waals surface area contributed by atoms with Gasteiger partial charge in [0.25, 0.3) is 5.82 Å². The summed E-state index contributed by atoms with van der Waals surface area (Å²) in [4.78, 5) is 13.2. The Balaban J connectivity index is 1.56. The van der Waals surface area contributed by atoms with E-state index in [2.05, 4.69) is 44.4 Å². The average molecular weight is 450 g/mol. The third-order valence-electron chi connectivity index (χ3n) is 7.15. The minimum atomic E-state index is -0.169. The second kappa shape index (κ2) is 9.98. The Morgan fingerprint density at radius 3 is 2.58 bits per heavy atom. The van der Waals surface area contributed by atoms with Gasteiger partial charge in [-0.2, -0.15) is 0 Å². The molecule has 2 aromatic carbocycles. The number of hydrogen-bond acceptors (Lipinski definition) is 3. The Morgan fingerprint density at radius 2 is 1.85 bits per heavy atom. The quantitative estimate of drug-likeness (QED) is 0.360. The first-order valence-corrected chi connectivity index (χ1v) is 12.2. The Kier molecular flexibility index (Phi) is 7.06. The van der Waals surface area contributed by atoms with E-state index in [-0.39, 0.29) is 18.6 Å². The van der Waals surface area contributed by atoms with Crippen molar-refractivity contribution >= 4 is 17.0 Å². The van der Waals surface area contributed by atoms with Crippen LogP contribution in [-0.4, -0.2) is 16.6 Å². The number of imidazole rings is 1. The standard InChI is InChI=1S/C28H37N2O3/c1-19(2)23-15-12-21(4)16-26(23)33-28(31)17-30-25-9-7-6-8-24(25)29(5)27(30)18-32-22-13-10-20(3)11-14-22/h6-11,13-14,19,21,23,26H,12,15-18H2,1-5H3/q+1/t21-,23+,26-/m1/s1. The van der Waals surface area contributed by atoms with Crippen molar-refractivity contribution in [3.8, 4) is 5.75 Å². The number of aromatic nitrogens is 2. The molecule has 4 rings (SSSR count). The second-order valence-electron chi connectivity index (χ2n) is 10.0. The predicted octanol–water partition coefficient (Wildman–Crippen LogP) is 5.36. The summed E-state index contributed by atoms with van der Waals surface area (Å²) < 4.78 is 16.4. The van der Waals surface area contributed by atoms with Gasteiger partial charge >= 0.3 is 5.97 Å². The zero-order valence-electron chi connectivity index (χ0n) is 20.6. The number of hydrogen-bond donors (Lipinski definition) is 0. The van der Waals surface area contributed by atoms with Crippen LogP contribution in [0.2, 0.25) is 0 Å². The summed E-state index contributed by atoms with van der Waals surface area (Å²) in [6, 6.07) is 16.2. The Labute approximate surface area is 197 Å². The van der Waals surface area contributed by atoms with Gasteiger partial charge in [0.05, 0.1) is 7.05 Å². The van der Waals surface area contributed by atoms with Gasteiger partial charge in [-0.1, -0.05) is 57.0 Å². The van der Waals surface area contributed by atoms with Crippen LogP contribution in [0.3, 0.4) is 0 Å². The minimum Gasteiger partial charge on any atom is -0.481 e. The lowest BCUT2D eigenvalue weighted by Gasteiger charge is -2.36. The zero-order chi connectivity index (χ0) is 23.5. The highest BCUT2D eigenvalue weighted by Crippen LogP contribution is 2.35. The van der Waals surface area contributed by atoms with E-state index in [0.29, 0.717) is 24.4 Å². The van der Waals surface area contributed by atoms with E-state index in [1.807, 2.05) is 48.0 Å². The number of benzene rings is 2. The van der Waals surface area contributed by atoms with Gasteiger partial charge in [-0.15, -0.1) is 0 Å². The summed E-state index contributed by atoms with van der Waals surface area (Å²) in [6.45, 7) is 9.35. The van der Waals surface area contributed by atoms with Crippen molar-refractivity contribution < 1.29 is 18.8 Å². The lowest BCUT2D eigenvalue weighted by molar-refractivity contribution is -0.655. The van der Waals surface area contributed by atoms with Gasteiger partial charge in [-0.25, -0.2) is 13.9 Å². The molecule has 33 heavy (non-hydrogen) atoms. The van der Waals surface area contributed by atoms with Crippen LogP contribution in [0.25, 0.3) is 11.0 Å². The van der Waals surface area contributed by atoms with Crippen molar-refractivity contribution in [1.82, 2.24) is 4.57 Å². The maximum atomic E-state index is 13.2. The number of carbonyl (C=O) groups excluding carboxylic acids is 1. The van der Waals surface area contributed by atoms with Gasteiger partial charge < -0.3 is 9.47 Å². The van der Waals surface area contributed by atoms with Gasteiger partial charge in [0.1, 0.15) is 11.9 Å². The van der Waals surface area contributed by atoms with Gasteiger partial charge in [0.15, 0.2) is 24.2 Å². The van der Waals surface area contributed by atoms with Crippen LogP contribution < -0.4 is 9.30 Å². The summed E-state index contributed by atoms with van der Waals surface area (Å²) in [5, 5.41) is 0. The Morgan fingerprint density at radius 1 is 1.12 bits per heavy atom. The highest BCUT2D eigenvalue weighted by Gasteiger charge is 2.34. The summed E-state index contributed by atoms with van der Waals surface area (Å²) >= 11 is 0. The average Bonchev–Trinajstić information content (AvgIpc) is 3.04. The van der Waals surface area contributed by atoms with E-state index >= 15 is 0 Å². The number of ether oxygens (including phenoxy) is 2. The molecule has 1 aliphatic rings. The van der Waals surface area contributed by atoms with Crippen molar-refractivity contribution in [3.05, 3.63) is 59.9 Å². The van der Waals surface area contributed by atoms with E-state index in [4.69, 9.17) is 9.47 Å². The highest BCUT2D eigenvalue weighted by molar-refractivity contribution is 5.76. The first kappa shape index (κ1) is 23.3. The molecule has 3 atom stereocenters. The molecule has 1 heterocycles. The number of para-hydroxylation sites is 2. The molecule has 5 heteroatoms. The van der Waals surface area contributed by atoms with Gasteiger partial charge in [0.2, 0.25) is 0 Å². The molecule has 0 bridgehead atoms. The molecule has 0 saturated heterocycles. The summed E-state index contributed by atoms with van der Waals surface area (Å²) in [5.41, 5.74) is 3.28. The Hall–Kier alpha value is -2.82. The van der Waals surface area contributed by atoms with E-state index in [1.165, 1.54) is 12.0 Å². The fourth-order valence-corrected chi connectivity index (χ4v) is 5.15. The predicted molar refractivity (Wildman–Crippen MR) is 130 cm³/mol. The molecule has 0 unspecified atom stereocenters. The highest BCUT2D eigenvalue weighted by atomic mass is 16.5. The number of aryl methyl sites for hydroxylation is 2. The smallest absolute Gasteiger partial charge is 0.348 e. The van der Waals surface area contributed by atoms with Gasteiger partial charge in [-0.3, -0.25) is 0 Å². The SMILES string of the molecule is Cc1ccc(OCc2n(CC(=O)O[C@@H]3C[C@H](C)CC[C@H]3C(C)C)c3ccccc3[n+]2C)cc1. The van der Waals surface area contributed by atoms with Crippen LogP contribution in [0.4, 0.5) is 0 Å². The second-order valence-corrected chi connectivity index (χ2v) is 10.0. The maximum Gasteiger partial charge on any atom is 0.348 e. The number of esters is 1. The first-order valence-electron chi connectivity index (χ1n) is 12.2. The summed E-state index contributed by atoms with van der Waals surface area (Å²) in [7, 11) is 2.02. The van der Waals surface area contributed by atoms with E-state index < -0.39 is 0 Å². The van der Waals surface area contributed by atoms with Crippen molar-refractivity contribution in [2.75, 3.05) is 0 Å². The molecule has 0 spiro atoms. The van der Waals surface area contributed by atoms with Crippen LogP contribution in [0.1, 0.15) is 51.4 Å². The molecular formula is C28H37N2O3+. The molecule has 1 aliphatic carbocycles. The summed E-state index contributed by atoms with van der Waals surface area (Å²) in [6.07, 6.45) is 3.31. The van der Waals surface area contributed by atoms with Gasteiger partial charge in [0, 0.05) is 0 Å². The number of rotatable bonds is 7. The number of nitrogens with zero attached hydrogens (tertiary/aromatic N) is 2. The van der Waals surface area contributed by atoms with Crippen LogP contribution in [0, 0.1) is 24.7 Å². The van der Waals surface area contributed by atoms with Crippen LogP contribution in [0.15, 0.2) is 48.5 Å². The Bertz CT molecular complexity index is 1100. The molecule has 3 aromatic rings. The molecule has 5 nitrogen and oxygen atoms in total. The van der Waals surface area contributed by atoms with Crippen LogP contribution in [0.5, 0.6) is 5.75 Å². The van der Waals surface area contributed by atoms with E-state index in [9.17, 15) is 4.79 Å². The third kappa shape index (κ3) is 5.23. The minimum absolute atomic E-state index is 0.00378. The normalized spacial score (nSPS) is 20.8. The van der Waals surface area contributed by atoms with E-state index in [0.717, 1.165) is 35.4 Å². The van der Waals surface area contributed by atoms with E-state index in [1.54, 1.807) is 0 Å². The molecule has 0 amide bonds. The van der Waals surface area contributed by atoms with Gasteiger partial charge in [-0.05, 0) is 61.8 Å². The lowest BCUT2D eigenvalue weighted by atomic mass is 9.75. The topological polar surface area (TPSA) is 44.3 Å². The zero-order valence-corrected chi connectivity index (χ0v) is 20.6. The monoisotopic (exact) mass is 449 g/mol. The molecule has 176 valence electrons. The molecule has 0 aliphatic heterocycles. The maximum absolute atomic E-state index is 13.2. The fraction of sp³-hybridized carbons (Fsp3) is 0.500. The third-order valence-corrected chi connectivity index (χ3v) is 7.15. The largest absolute Gasteiger partial charge is 0.481 e. The van der Waals surface area contributed by atoms with Crippen molar-refractivity contribution in [2.45, 2.75) is 66.2 Å². The molecule has 0 N–H and O–H groups in total. The molecule has 1 fully saturated rings. The molecule has 1 aromatic heterocycles. The van der Waals surface area contributed by atoms with Crippen LogP contribution >= 0.6 is 0 Å². The first-order chi connectivity index (χ1) is 15.8. The number of carbonyl (C=O) groups is 1. The van der Waals surface area contributed by atoms with Crippen molar-refractivity contribution in [3.63, 3.8) is 0 Å².